The van der Waals surface area contributed by atoms with Gasteiger partial charge >= 0.3 is 0 Å². The maximum Gasteiger partial charge on any atom is 0.282 e. The summed E-state index contributed by atoms with van der Waals surface area (Å²) in [4.78, 5) is 24.9. The predicted molar refractivity (Wildman–Crippen MR) is 121 cm³/mol. The fourth-order valence-electron chi connectivity index (χ4n) is 3.48. The van der Waals surface area contributed by atoms with Crippen molar-refractivity contribution in [2.45, 2.75) is 20.5 Å². The third kappa shape index (κ3) is 4.20. The highest BCUT2D eigenvalue weighted by atomic mass is 35.5. The quantitative estimate of drug-likeness (QED) is 0.361. The van der Waals surface area contributed by atoms with Crippen LogP contribution < -0.4 is 4.74 Å². The Kier molecular flexibility index (Phi) is 5.81. The highest BCUT2D eigenvalue weighted by Gasteiger charge is 2.35. The molecule has 0 spiro atoms. The van der Waals surface area contributed by atoms with E-state index >= 15 is 0 Å². The van der Waals surface area contributed by atoms with Gasteiger partial charge in [-0.2, -0.15) is 10.1 Å². The number of ether oxygens (including phenoxy) is 1. The average Bonchev–Trinajstić information content (AvgIpc) is 2.99. The Bertz CT molecular complexity index is 1180. The first-order chi connectivity index (χ1) is 14.8. The molecule has 7 heteroatoms. The van der Waals surface area contributed by atoms with Crippen LogP contribution in [0.5, 0.6) is 5.75 Å². The van der Waals surface area contributed by atoms with Gasteiger partial charge in [-0.05, 0) is 72.5 Å². The minimum absolute atomic E-state index is 0.348. The summed E-state index contributed by atoms with van der Waals surface area (Å²) in [6.45, 7) is 4.20. The standard InChI is InChI=1S/C24H18Cl2N2O3/c1-14-9-17(12-27-28-23(29)18-5-3-4-6-19(18)24(28)30)10-15(2)22(14)31-13-16-7-8-20(25)21(26)11-16/h3-12H,13H2,1-2H3/b27-12-. The number of hydrogen-bond donors (Lipinski definition) is 0. The number of imide groups is 1. The molecule has 3 aromatic rings. The monoisotopic (exact) mass is 452 g/mol. The van der Waals surface area contributed by atoms with Crippen molar-refractivity contribution in [3.8, 4) is 5.75 Å². The largest absolute Gasteiger partial charge is 0.488 e. The van der Waals surface area contributed by atoms with Crippen molar-refractivity contribution in [1.82, 2.24) is 5.01 Å². The highest BCUT2D eigenvalue weighted by molar-refractivity contribution is 6.42. The van der Waals surface area contributed by atoms with Crippen LogP contribution in [-0.4, -0.2) is 23.0 Å². The zero-order chi connectivity index (χ0) is 22.1. The molecule has 0 N–H and O–H groups in total. The summed E-state index contributed by atoms with van der Waals surface area (Å²) in [5.74, 6) is -0.0947. The van der Waals surface area contributed by atoms with Gasteiger partial charge in [0.1, 0.15) is 12.4 Å². The molecular weight excluding hydrogens is 435 g/mol. The van der Waals surface area contributed by atoms with E-state index in [9.17, 15) is 9.59 Å². The van der Waals surface area contributed by atoms with E-state index in [1.165, 1.54) is 6.21 Å². The number of benzene rings is 3. The minimum Gasteiger partial charge on any atom is -0.488 e. The van der Waals surface area contributed by atoms with Gasteiger partial charge < -0.3 is 4.74 Å². The molecule has 0 aliphatic carbocycles. The van der Waals surface area contributed by atoms with Crippen molar-refractivity contribution >= 4 is 41.2 Å². The van der Waals surface area contributed by atoms with Crippen molar-refractivity contribution in [2.24, 2.45) is 5.10 Å². The van der Waals surface area contributed by atoms with Crippen LogP contribution in [0, 0.1) is 13.8 Å². The van der Waals surface area contributed by atoms with Gasteiger partial charge in [0.2, 0.25) is 0 Å². The number of hydrogen-bond acceptors (Lipinski definition) is 4. The van der Waals surface area contributed by atoms with Crippen LogP contribution in [0.4, 0.5) is 0 Å². The normalized spacial score (nSPS) is 13.2. The van der Waals surface area contributed by atoms with E-state index in [2.05, 4.69) is 5.10 Å². The lowest BCUT2D eigenvalue weighted by Crippen LogP contribution is -2.24. The lowest BCUT2D eigenvalue weighted by Gasteiger charge is -2.14. The Morgan fingerprint density at radius 1 is 0.903 bits per heavy atom. The number of nitrogens with zero attached hydrogens (tertiary/aromatic N) is 2. The maximum absolute atomic E-state index is 12.4. The van der Waals surface area contributed by atoms with E-state index in [1.807, 2.05) is 32.0 Å². The molecule has 5 nitrogen and oxygen atoms in total. The van der Waals surface area contributed by atoms with E-state index in [4.69, 9.17) is 27.9 Å². The van der Waals surface area contributed by atoms with Crippen LogP contribution in [0.1, 0.15) is 43.0 Å². The zero-order valence-corrected chi connectivity index (χ0v) is 18.4. The van der Waals surface area contributed by atoms with Crippen LogP contribution >= 0.6 is 23.2 Å². The van der Waals surface area contributed by atoms with Crippen LogP contribution in [0.15, 0.2) is 59.7 Å². The van der Waals surface area contributed by atoms with Crippen LogP contribution in [0.2, 0.25) is 10.0 Å². The number of hydrazone groups is 1. The molecule has 2 amide bonds. The number of aryl methyl sites for hydroxylation is 2. The predicted octanol–water partition coefficient (Wildman–Crippen LogP) is 5.82. The molecule has 0 unspecified atom stereocenters. The van der Waals surface area contributed by atoms with Crippen molar-refractivity contribution < 1.29 is 14.3 Å². The molecule has 0 atom stereocenters. The second-order valence-corrected chi connectivity index (χ2v) is 8.05. The zero-order valence-electron chi connectivity index (χ0n) is 16.9. The summed E-state index contributed by atoms with van der Waals surface area (Å²) in [7, 11) is 0. The highest BCUT2D eigenvalue weighted by Crippen LogP contribution is 2.28. The van der Waals surface area contributed by atoms with Gasteiger partial charge in [-0.3, -0.25) is 9.59 Å². The summed E-state index contributed by atoms with van der Waals surface area (Å²) in [6.07, 6.45) is 1.50. The number of halogens is 2. The third-order valence-electron chi connectivity index (χ3n) is 4.94. The van der Waals surface area contributed by atoms with E-state index < -0.39 is 11.8 Å². The molecule has 1 aliphatic heterocycles. The third-order valence-corrected chi connectivity index (χ3v) is 5.68. The number of carbonyl (C=O) groups excluding carboxylic acids is 2. The lowest BCUT2D eigenvalue weighted by molar-refractivity contribution is 0.0660. The van der Waals surface area contributed by atoms with E-state index in [0.29, 0.717) is 27.8 Å². The van der Waals surface area contributed by atoms with Gasteiger partial charge in [0.25, 0.3) is 11.8 Å². The number of fused-ring (bicyclic) bond motifs is 1. The molecule has 4 rings (SSSR count). The average molecular weight is 453 g/mol. The molecule has 0 saturated heterocycles. The molecule has 1 heterocycles. The van der Waals surface area contributed by atoms with Crippen LogP contribution in [0.3, 0.4) is 0 Å². The Morgan fingerprint density at radius 2 is 1.52 bits per heavy atom. The van der Waals surface area contributed by atoms with Crippen molar-refractivity contribution in [3.63, 3.8) is 0 Å². The molecule has 0 saturated carbocycles. The first-order valence-electron chi connectivity index (χ1n) is 9.55. The summed E-state index contributed by atoms with van der Waals surface area (Å²) in [5.41, 5.74) is 4.21. The second-order valence-electron chi connectivity index (χ2n) is 7.23. The number of rotatable bonds is 5. The Labute approximate surface area is 189 Å². The SMILES string of the molecule is Cc1cc(/C=N\N2C(=O)c3ccccc3C2=O)cc(C)c1OCc1ccc(Cl)c(Cl)c1. The first-order valence-corrected chi connectivity index (χ1v) is 10.3. The maximum atomic E-state index is 12.4. The van der Waals surface area contributed by atoms with Crippen molar-refractivity contribution in [1.29, 1.82) is 0 Å². The van der Waals surface area contributed by atoms with Crippen LogP contribution in [0.25, 0.3) is 0 Å². The van der Waals surface area contributed by atoms with Crippen molar-refractivity contribution in [2.75, 3.05) is 0 Å². The van der Waals surface area contributed by atoms with Crippen LogP contribution in [-0.2, 0) is 6.61 Å². The number of carbonyl (C=O) groups is 2. The van der Waals surface area contributed by atoms with Gasteiger partial charge in [0, 0.05) is 0 Å². The van der Waals surface area contributed by atoms with E-state index in [0.717, 1.165) is 33.0 Å². The van der Waals surface area contributed by atoms with E-state index in [1.54, 1.807) is 36.4 Å². The fraction of sp³-hybridized carbons (Fsp3) is 0.125. The summed E-state index contributed by atoms with van der Waals surface area (Å²) >= 11 is 12.0. The molecule has 0 radical (unpaired) electrons. The second kappa shape index (κ2) is 8.53. The minimum atomic E-state index is -0.424. The Balaban J connectivity index is 1.50. The molecule has 0 bridgehead atoms. The topological polar surface area (TPSA) is 59.0 Å². The smallest absolute Gasteiger partial charge is 0.282 e. The fourth-order valence-corrected chi connectivity index (χ4v) is 3.80. The Hall–Kier alpha value is -3.15. The summed E-state index contributed by atoms with van der Waals surface area (Å²) in [5, 5.41) is 6.01. The lowest BCUT2D eigenvalue weighted by atomic mass is 10.1. The molecule has 0 fully saturated rings. The molecule has 31 heavy (non-hydrogen) atoms. The molecule has 156 valence electrons. The van der Waals surface area contributed by atoms with Gasteiger partial charge in [-0.1, -0.05) is 41.4 Å². The van der Waals surface area contributed by atoms with E-state index in [-0.39, 0.29) is 0 Å². The molecule has 1 aliphatic rings. The Morgan fingerprint density at radius 3 is 2.10 bits per heavy atom. The molecular formula is C24H18Cl2N2O3. The summed E-state index contributed by atoms with van der Waals surface area (Å²) < 4.78 is 5.99. The number of amides is 2. The molecule has 3 aromatic carbocycles. The summed E-state index contributed by atoms with van der Waals surface area (Å²) in [6, 6.07) is 15.8. The van der Waals surface area contributed by atoms with Gasteiger partial charge in [-0.25, -0.2) is 0 Å². The molecule has 0 aromatic heterocycles. The van der Waals surface area contributed by atoms with Gasteiger partial charge in [0.15, 0.2) is 0 Å². The van der Waals surface area contributed by atoms with Gasteiger partial charge in [-0.15, -0.1) is 0 Å². The van der Waals surface area contributed by atoms with Crippen molar-refractivity contribution in [3.05, 3.63) is 98.0 Å². The first kappa shape index (κ1) is 21.1. The van der Waals surface area contributed by atoms with Gasteiger partial charge in [0.05, 0.1) is 27.4 Å².